The number of halogens is 1. The van der Waals surface area contributed by atoms with Crippen LogP contribution in [0.5, 0.6) is 11.5 Å². The zero-order valence-electron chi connectivity index (χ0n) is 20.5. The molecule has 6 heteroatoms. The van der Waals surface area contributed by atoms with Gasteiger partial charge in [0.15, 0.2) is 11.5 Å². The van der Waals surface area contributed by atoms with Crippen molar-refractivity contribution in [3.63, 3.8) is 0 Å². The van der Waals surface area contributed by atoms with Gasteiger partial charge in [-0.3, -0.25) is 14.0 Å². The fraction of sp³-hybridized carbons (Fsp3) is 0.630. The number of hydrogen-bond donors (Lipinski definition) is 1. The first kappa shape index (κ1) is 26.9. The lowest BCUT2D eigenvalue weighted by atomic mass is 9.73. The van der Waals surface area contributed by atoms with Crippen LogP contribution in [0.2, 0.25) is 0 Å². The average Bonchev–Trinajstić information content (AvgIpc) is 2.80. The van der Waals surface area contributed by atoms with Gasteiger partial charge in [0, 0.05) is 18.4 Å². The van der Waals surface area contributed by atoms with E-state index in [0.29, 0.717) is 30.4 Å². The number of rotatable bonds is 13. The largest absolute Gasteiger partial charge is 0.493 e. The maximum Gasteiger partial charge on any atom is 0.311 e. The quantitative estimate of drug-likeness (QED) is 0.162. The second-order valence-corrected chi connectivity index (χ2v) is 9.53. The van der Waals surface area contributed by atoms with Crippen LogP contribution in [-0.2, 0) is 16.1 Å². The number of esters is 1. The van der Waals surface area contributed by atoms with Crippen molar-refractivity contribution >= 4 is 11.9 Å². The number of ether oxygens (including phenoxy) is 2. The second kappa shape index (κ2) is 14.0. The first-order chi connectivity index (χ1) is 15.9. The van der Waals surface area contributed by atoms with Crippen molar-refractivity contribution in [3.8, 4) is 11.5 Å². The van der Waals surface area contributed by atoms with Crippen molar-refractivity contribution in [2.45, 2.75) is 84.6 Å². The van der Waals surface area contributed by atoms with E-state index in [1.807, 2.05) is 0 Å². The van der Waals surface area contributed by atoms with E-state index in [1.54, 1.807) is 18.2 Å². The number of amides is 1. The maximum atomic E-state index is 13.7. The number of hydrogen-bond acceptors (Lipinski definition) is 4. The van der Waals surface area contributed by atoms with Crippen LogP contribution in [0.25, 0.3) is 0 Å². The van der Waals surface area contributed by atoms with Crippen molar-refractivity contribution in [2.75, 3.05) is 13.8 Å². The molecule has 0 spiro atoms. The average molecular weight is 462 g/mol. The standard InChI is InChI=1S/C27H40FNO4/c1-21(2)11-7-4-5-8-12-25(30)29-19-22-13-14-23(24(17-22)32-3)33-26(31)18-27(20-28)15-9-6-10-16-27/h7,11,13-14,17,21H,4-6,8-10,12,15-16,18-20H2,1-3H3,(H,29,30)/b11-7+. The van der Waals surface area contributed by atoms with Gasteiger partial charge in [-0.25, -0.2) is 0 Å². The van der Waals surface area contributed by atoms with Gasteiger partial charge in [-0.15, -0.1) is 0 Å². The van der Waals surface area contributed by atoms with Gasteiger partial charge in [0.1, 0.15) is 0 Å². The van der Waals surface area contributed by atoms with Crippen molar-refractivity contribution in [1.29, 1.82) is 0 Å². The third-order valence-corrected chi connectivity index (χ3v) is 6.20. The highest BCUT2D eigenvalue weighted by atomic mass is 19.1. The predicted molar refractivity (Wildman–Crippen MR) is 129 cm³/mol. The first-order valence-electron chi connectivity index (χ1n) is 12.2. The predicted octanol–water partition coefficient (Wildman–Crippen LogP) is 6.30. The van der Waals surface area contributed by atoms with Gasteiger partial charge in [-0.2, -0.15) is 0 Å². The minimum Gasteiger partial charge on any atom is -0.493 e. The van der Waals surface area contributed by atoms with Gasteiger partial charge >= 0.3 is 5.97 Å². The molecule has 0 bridgehead atoms. The third-order valence-electron chi connectivity index (χ3n) is 6.20. The van der Waals surface area contributed by atoms with Crippen molar-refractivity contribution in [2.24, 2.45) is 11.3 Å². The van der Waals surface area contributed by atoms with Gasteiger partial charge in [0.05, 0.1) is 20.2 Å². The summed E-state index contributed by atoms with van der Waals surface area (Å²) >= 11 is 0. The van der Waals surface area contributed by atoms with Gasteiger partial charge in [0.2, 0.25) is 5.91 Å². The number of alkyl halides is 1. The van der Waals surface area contributed by atoms with E-state index in [2.05, 4.69) is 31.3 Å². The van der Waals surface area contributed by atoms with E-state index in [9.17, 15) is 14.0 Å². The third kappa shape index (κ3) is 9.56. The lowest BCUT2D eigenvalue weighted by Crippen LogP contribution is -2.31. The molecule has 0 atom stereocenters. The van der Waals surface area contributed by atoms with Crippen molar-refractivity contribution in [3.05, 3.63) is 35.9 Å². The summed E-state index contributed by atoms with van der Waals surface area (Å²) in [5, 5.41) is 2.92. The minimum atomic E-state index is -0.586. The number of carbonyl (C=O) groups excluding carboxylic acids is 2. The highest BCUT2D eigenvalue weighted by Crippen LogP contribution is 2.40. The fourth-order valence-corrected chi connectivity index (χ4v) is 4.24. The van der Waals surface area contributed by atoms with E-state index in [-0.39, 0.29) is 12.3 Å². The molecule has 1 aromatic carbocycles. The zero-order valence-corrected chi connectivity index (χ0v) is 20.5. The highest BCUT2D eigenvalue weighted by Gasteiger charge is 2.35. The summed E-state index contributed by atoms with van der Waals surface area (Å²) in [7, 11) is 1.51. The molecule has 1 aromatic rings. The zero-order chi connectivity index (χ0) is 24.1. The van der Waals surface area contributed by atoms with Crippen LogP contribution in [0.1, 0.15) is 83.6 Å². The van der Waals surface area contributed by atoms with E-state index < -0.39 is 18.1 Å². The molecular weight excluding hydrogens is 421 g/mol. The molecular formula is C27H40FNO4. The Hall–Kier alpha value is -2.37. The van der Waals surface area contributed by atoms with E-state index in [4.69, 9.17) is 9.47 Å². The SMILES string of the molecule is COc1cc(CNC(=O)CCCC/C=C/C(C)C)ccc1OC(=O)CC1(CF)CCCCC1. The van der Waals surface area contributed by atoms with Crippen LogP contribution in [0, 0.1) is 11.3 Å². The Kier molecular flexibility index (Phi) is 11.4. The molecule has 0 unspecified atom stereocenters. The molecule has 1 saturated carbocycles. The van der Waals surface area contributed by atoms with E-state index in [1.165, 1.54) is 7.11 Å². The monoisotopic (exact) mass is 461 g/mol. The molecule has 2 rings (SSSR count). The molecule has 1 aliphatic rings. The summed E-state index contributed by atoms with van der Waals surface area (Å²) < 4.78 is 24.6. The molecule has 0 heterocycles. The van der Waals surface area contributed by atoms with Crippen LogP contribution in [0.4, 0.5) is 4.39 Å². The number of allylic oxidation sites excluding steroid dienone is 2. The highest BCUT2D eigenvalue weighted by molar-refractivity contribution is 5.76. The van der Waals surface area contributed by atoms with Crippen LogP contribution in [0.3, 0.4) is 0 Å². The summed E-state index contributed by atoms with van der Waals surface area (Å²) in [6.45, 7) is 4.18. The lowest BCUT2D eigenvalue weighted by molar-refractivity contribution is -0.138. The molecule has 1 aliphatic carbocycles. The van der Waals surface area contributed by atoms with Crippen LogP contribution >= 0.6 is 0 Å². The summed E-state index contributed by atoms with van der Waals surface area (Å²) in [6.07, 6.45) is 12.2. The Morgan fingerprint density at radius 3 is 2.58 bits per heavy atom. The van der Waals surface area contributed by atoms with E-state index in [0.717, 1.165) is 56.9 Å². The molecule has 33 heavy (non-hydrogen) atoms. The Labute approximate surface area is 198 Å². The Bertz CT molecular complexity index is 784. The van der Waals surface area contributed by atoms with Gasteiger partial charge in [-0.1, -0.05) is 51.3 Å². The van der Waals surface area contributed by atoms with Gasteiger partial charge < -0.3 is 14.8 Å². The second-order valence-electron chi connectivity index (χ2n) is 9.53. The molecule has 1 amide bonds. The van der Waals surface area contributed by atoms with Gasteiger partial charge in [-0.05, 0) is 55.7 Å². The number of unbranched alkanes of at least 4 members (excludes halogenated alkanes) is 2. The molecule has 1 fully saturated rings. The number of carbonyl (C=O) groups is 2. The fourth-order valence-electron chi connectivity index (χ4n) is 4.24. The van der Waals surface area contributed by atoms with Crippen molar-refractivity contribution < 1.29 is 23.5 Å². The molecule has 0 aromatic heterocycles. The molecule has 0 aliphatic heterocycles. The summed E-state index contributed by atoms with van der Waals surface area (Å²) in [6, 6.07) is 5.22. The maximum absolute atomic E-state index is 13.7. The molecule has 0 saturated heterocycles. The summed E-state index contributed by atoms with van der Waals surface area (Å²) in [5.74, 6) is 0.879. The van der Waals surface area contributed by atoms with Crippen LogP contribution in [-0.4, -0.2) is 25.7 Å². The molecule has 0 radical (unpaired) electrons. The summed E-state index contributed by atoms with van der Waals surface area (Å²) in [4.78, 5) is 24.6. The summed E-state index contributed by atoms with van der Waals surface area (Å²) in [5.41, 5.74) is 0.268. The Morgan fingerprint density at radius 1 is 1.15 bits per heavy atom. The van der Waals surface area contributed by atoms with Crippen molar-refractivity contribution in [1.82, 2.24) is 5.32 Å². The Balaban J connectivity index is 1.81. The lowest BCUT2D eigenvalue weighted by Gasteiger charge is -2.33. The minimum absolute atomic E-state index is 0.0151. The molecule has 184 valence electrons. The van der Waals surface area contributed by atoms with Gasteiger partial charge in [0.25, 0.3) is 0 Å². The van der Waals surface area contributed by atoms with Crippen LogP contribution in [0.15, 0.2) is 30.4 Å². The number of benzene rings is 1. The van der Waals surface area contributed by atoms with Crippen LogP contribution < -0.4 is 14.8 Å². The normalized spacial score (nSPS) is 15.5. The number of methoxy groups -OCH3 is 1. The molecule has 1 N–H and O–H groups in total. The number of nitrogens with one attached hydrogen (secondary N) is 1. The Morgan fingerprint density at radius 2 is 1.91 bits per heavy atom. The van der Waals surface area contributed by atoms with E-state index >= 15 is 0 Å². The topological polar surface area (TPSA) is 64.6 Å². The smallest absolute Gasteiger partial charge is 0.311 e. The first-order valence-corrected chi connectivity index (χ1v) is 12.2. The molecule has 5 nitrogen and oxygen atoms in total.